The van der Waals surface area contributed by atoms with Crippen LogP contribution in [0.2, 0.25) is 0 Å². The molecule has 2 heterocycles. The normalized spacial score (nSPS) is 21.0. The molecular weight excluding hydrogens is 202 g/mol. The number of hydrogen-bond donors (Lipinski definition) is 2. The molecule has 1 atom stereocenters. The lowest BCUT2D eigenvalue weighted by molar-refractivity contribution is -0.122. The molecule has 1 fully saturated rings. The second-order valence-electron chi connectivity index (χ2n) is 2.97. The highest BCUT2D eigenvalue weighted by atomic mass is 32.2. The minimum Gasteiger partial charge on any atom is -0.451 e. The molecule has 0 radical (unpaired) electrons. The highest BCUT2D eigenvalue weighted by Gasteiger charge is 2.21. The van der Waals surface area contributed by atoms with Crippen LogP contribution in [0.15, 0.2) is 17.1 Å². The average molecular weight is 213 g/mol. The van der Waals surface area contributed by atoms with E-state index in [1.54, 1.807) is 11.8 Å². The third-order valence-corrected chi connectivity index (χ3v) is 2.90. The fourth-order valence-corrected chi connectivity index (χ4v) is 2.13. The SMILES string of the molecule is O=C(NCc1cocn1)C1CSCN1. The molecule has 6 heteroatoms. The van der Waals surface area contributed by atoms with Gasteiger partial charge in [-0.2, -0.15) is 0 Å². The molecule has 1 amide bonds. The molecule has 1 aromatic rings. The number of aromatic nitrogens is 1. The summed E-state index contributed by atoms with van der Waals surface area (Å²) in [4.78, 5) is 15.4. The van der Waals surface area contributed by atoms with E-state index in [0.717, 1.165) is 17.3 Å². The van der Waals surface area contributed by atoms with Crippen molar-refractivity contribution in [3.05, 3.63) is 18.4 Å². The summed E-state index contributed by atoms with van der Waals surface area (Å²) >= 11 is 1.73. The first-order valence-corrected chi connectivity index (χ1v) is 5.47. The van der Waals surface area contributed by atoms with Crippen molar-refractivity contribution in [2.75, 3.05) is 11.6 Å². The molecule has 1 unspecified atom stereocenters. The number of thioether (sulfide) groups is 1. The van der Waals surface area contributed by atoms with E-state index < -0.39 is 0 Å². The highest BCUT2D eigenvalue weighted by Crippen LogP contribution is 2.09. The minimum atomic E-state index is -0.0631. The molecule has 0 spiro atoms. The van der Waals surface area contributed by atoms with Gasteiger partial charge in [0.1, 0.15) is 6.26 Å². The molecule has 0 aromatic carbocycles. The lowest BCUT2D eigenvalue weighted by Crippen LogP contribution is -2.41. The molecule has 2 N–H and O–H groups in total. The summed E-state index contributed by atoms with van der Waals surface area (Å²) in [7, 11) is 0. The van der Waals surface area contributed by atoms with Crippen LogP contribution >= 0.6 is 11.8 Å². The third-order valence-electron chi connectivity index (χ3n) is 1.96. The smallest absolute Gasteiger partial charge is 0.238 e. The Hall–Kier alpha value is -1.01. The first kappa shape index (κ1) is 9.54. The number of nitrogens with one attached hydrogen (secondary N) is 2. The summed E-state index contributed by atoms with van der Waals surface area (Å²) < 4.78 is 4.79. The third kappa shape index (κ3) is 2.27. The van der Waals surface area contributed by atoms with E-state index in [4.69, 9.17) is 4.42 Å². The molecule has 1 aromatic heterocycles. The van der Waals surface area contributed by atoms with Crippen LogP contribution in [0, 0.1) is 0 Å². The van der Waals surface area contributed by atoms with Gasteiger partial charge in [-0.25, -0.2) is 4.98 Å². The van der Waals surface area contributed by atoms with E-state index in [1.165, 1.54) is 12.7 Å². The fraction of sp³-hybridized carbons (Fsp3) is 0.500. The van der Waals surface area contributed by atoms with Crippen LogP contribution in [0.1, 0.15) is 5.69 Å². The van der Waals surface area contributed by atoms with Gasteiger partial charge in [0.15, 0.2) is 6.39 Å². The first-order valence-electron chi connectivity index (χ1n) is 4.32. The van der Waals surface area contributed by atoms with Gasteiger partial charge in [0.05, 0.1) is 18.3 Å². The van der Waals surface area contributed by atoms with Gasteiger partial charge in [-0.05, 0) is 0 Å². The van der Waals surface area contributed by atoms with Crippen molar-refractivity contribution < 1.29 is 9.21 Å². The van der Waals surface area contributed by atoms with Crippen molar-refractivity contribution in [2.45, 2.75) is 12.6 Å². The number of oxazole rings is 1. The van der Waals surface area contributed by atoms with Gasteiger partial charge in [0, 0.05) is 11.6 Å². The fourth-order valence-electron chi connectivity index (χ4n) is 1.19. The number of carbonyl (C=O) groups excluding carboxylic acids is 1. The van der Waals surface area contributed by atoms with E-state index >= 15 is 0 Å². The molecule has 1 aliphatic rings. The molecule has 1 aliphatic heterocycles. The van der Waals surface area contributed by atoms with Crippen LogP contribution in [0.4, 0.5) is 0 Å². The quantitative estimate of drug-likeness (QED) is 0.737. The predicted octanol–water partition coefficient (Wildman–Crippen LogP) is -0.0467. The maximum absolute atomic E-state index is 11.5. The largest absolute Gasteiger partial charge is 0.451 e. The lowest BCUT2D eigenvalue weighted by atomic mass is 10.3. The molecule has 5 nitrogen and oxygen atoms in total. The Morgan fingerprint density at radius 1 is 1.86 bits per heavy atom. The van der Waals surface area contributed by atoms with Crippen LogP contribution in [0.5, 0.6) is 0 Å². The summed E-state index contributed by atoms with van der Waals surface area (Å²) in [6.45, 7) is 0.429. The molecular formula is C8H11N3O2S. The second kappa shape index (κ2) is 4.47. The Bertz CT molecular complexity index is 296. The van der Waals surface area contributed by atoms with Gasteiger partial charge >= 0.3 is 0 Å². The maximum Gasteiger partial charge on any atom is 0.238 e. The maximum atomic E-state index is 11.5. The van der Waals surface area contributed by atoms with E-state index in [-0.39, 0.29) is 11.9 Å². The predicted molar refractivity (Wildman–Crippen MR) is 52.6 cm³/mol. The summed E-state index contributed by atoms with van der Waals surface area (Å²) in [6, 6.07) is -0.0631. The Balaban J connectivity index is 1.77. The Morgan fingerprint density at radius 3 is 3.43 bits per heavy atom. The van der Waals surface area contributed by atoms with Crippen molar-refractivity contribution in [3.63, 3.8) is 0 Å². The Labute approximate surface area is 85.6 Å². The number of amides is 1. The van der Waals surface area contributed by atoms with E-state index in [1.807, 2.05) is 0 Å². The molecule has 2 rings (SSSR count). The van der Waals surface area contributed by atoms with Crippen LogP contribution in [-0.2, 0) is 11.3 Å². The van der Waals surface area contributed by atoms with E-state index in [9.17, 15) is 4.79 Å². The minimum absolute atomic E-state index is 0.0259. The number of hydrogen-bond acceptors (Lipinski definition) is 5. The van der Waals surface area contributed by atoms with Crippen molar-refractivity contribution in [1.29, 1.82) is 0 Å². The Morgan fingerprint density at radius 2 is 2.79 bits per heavy atom. The van der Waals surface area contributed by atoms with Crippen LogP contribution in [-0.4, -0.2) is 28.6 Å². The molecule has 76 valence electrons. The Kier molecular flexibility index (Phi) is 3.05. The summed E-state index contributed by atoms with van der Waals surface area (Å²) in [5, 5.41) is 5.88. The molecule has 1 saturated heterocycles. The molecule has 0 saturated carbocycles. The zero-order valence-corrected chi connectivity index (χ0v) is 8.34. The van der Waals surface area contributed by atoms with Gasteiger partial charge in [-0.15, -0.1) is 11.8 Å². The zero-order chi connectivity index (χ0) is 9.80. The first-order chi connectivity index (χ1) is 6.86. The summed E-state index contributed by atoms with van der Waals surface area (Å²) in [5.74, 6) is 1.71. The summed E-state index contributed by atoms with van der Waals surface area (Å²) in [6.07, 6.45) is 2.88. The van der Waals surface area contributed by atoms with E-state index in [2.05, 4.69) is 15.6 Å². The topological polar surface area (TPSA) is 67.2 Å². The van der Waals surface area contributed by atoms with Crippen molar-refractivity contribution >= 4 is 17.7 Å². The monoisotopic (exact) mass is 213 g/mol. The zero-order valence-electron chi connectivity index (χ0n) is 7.53. The number of carbonyl (C=O) groups is 1. The van der Waals surface area contributed by atoms with Crippen LogP contribution in [0.3, 0.4) is 0 Å². The molecule has 0 bridgehead atoms. The second-order valence-corrected chi connectivity index (χ2v) is 4.00. The number of rotatable bonds is 3. The van der Waals surface area contributed by atoms with Crippen molar-refractivity contribution in [3.8, 4) is 0 Å². The molecule has 0 aliphatic carbocycles. The van der Waals surface area contributed by atoms with Gasteiger partial charge in [-0.1, -0.05) is 0 Å². The van der Waals surface area contributed by atoms with Gasteiger partial charge in [0.2, 0.25) is 5.91 Å². The molecule has 14 heavy (non-hydrogen) atoms. The van der Waals surface area contributed by atoms with Crippen LogP contribution < -0.4 is 10.6 Å². The van der Waals surface area contributed by atoms with Crippen molar-refractivity contribution in [1.82, 2.24) is 15.6 Å². The standard InChI is InChI=1S/C8H11N3O2S/c12-8(7-3-14-5-11-7)9-1-6-2-13-4-10-6/h2,4,7,11H,1,3,5H2,(H,9,12). The van der Waals surface area contributed by atoms with E-state index in [0.29, 0.717) is 6.54 Å². The lowest BCUT2D eigenvalue weighted by Gasteiger charge is -2.08. The van der Waals surface area contributed by atoms with Gasteiger partial charge in [0.25, 0.3) is 0 Å². The average Bonchev–Trinajstić information content (AvgIpc) is 2.87. The highest BCUT2D eigenvalue weighted by molar-refractivity contribution is 7.99. The van der Waals surface area contributed by atoms with Crippen LogP contribution in [0.25, 0.3) is 0 Å². The number of nitrogens with zero attached hydrogens (tertiary/aromatic N) is 1. The summed E-state index contributed by atoms with van der Waals surface area (Å²) in [5.41, 5.74) is 0.740. The van der Waals surface area contributed by atoms with Gasteiger partial charge < -0.3 is 9.73 Å². The van der Waals surface area contributed by atoms with Crippen molar-refractivity contribution in [2.24, 2.45) is 0 Å². The van der Waals surface area contributed by atoms with Gasteiger partial charge in [-0.3, -0.25) is 10.1 Å².